The van der Waals surface area contributed by atoms with Crippen LogP contribution in [0.5, 0.6) is 5.88 Å². The molecule has 0 fully saturated rings. The molecule has 0 bridgehead atoms. The van der Waals surface area contributed by atoms with E-state index in [0.717, 1.165) is 0 Å². The van der Waals surface area contributed by atoms with Gasteiger partial charge in [0.2, 0.25) is 11.8 Å². The molecule has 0 radical (unpaired) electrons. The molecular formula is C26H30FN3O5. The first-order valence-corrected chi connectivity index (χ1v) is 11.3. The molecule has 186 valence electrons. The van der Waals surface area contributed by atoms with Crippen molar-refractivity contribution in [3.05, 3.63) is 59.0 Å². The lowest BCUT2D eigenvalue weighted by molar-refractivity contribution is -0.135. The van der Waals surface area contributed by atoms with Crippen molar-refractivity contribution >= 4 is 11.8 Å². The van der Waals surface area contributed by atoms with E-state index in [1.807, 2.05) is 6.92 Å². The molecule has 0 saturated heterocycles. The summed E-state index contributed by atoms with van der Waals surface area (Å²) in [4.78, 5) is 33.2. The second kappa shape index (κ2) is 11.8. The Hall–Kier alpha value is -3.48. The molecule has 3 rings (SSSR count). The number of nitrogens with zero attached hydrogens (tertiary/aromatic N) is 3. The van der Waals surface area contributed by atoms with Gasteiger partial charge in [-0.05, 0) is 37.3 Å². The summed E-state index contributed by atoms with van der Waals surface area (Å²) in [5.41, 5.74) is 1.33. The van der Waals surface area contributed by atoms with Gasteiger partial charge in [-0.15, -0.1) is 0 Å². The van der Waals surface area contributed by atoms with Gasteiger partial charge in [0.25, 0.3) is 5.91 Å². The Kier molecular flexibility index (Phi) is 8.79. The third-order valence-corrected chi connectivity index (χ3v) is 5.86. The molecule has 0 saturated carbocycles. The van der Waals surface area contributed by atoms with Crippen LogP contribution in [0, 0.1) is 23.6 Å². The minimum Gasteiger partial charge on any atom is -0.472 e. The van der Waals surface area contributed by atoms with Gasteiger partial charge in [0.05, 0.1) is 19.2 Å². The quantitative estimate of drug-likeness (QED) is 0.632. The van der Waals surface area contributed by atoms with Crippen molar-refractivity contribution < 1.29 is 28.6 Å². The Morgan fingerprint density at radius 2 is 2.03 bits per heavy atom. The molecule has 0 aliphatic carbocycles. The minimum atomic E-state index is -0.454. The minimum absolute atomic E-state index is 0.0469. The van der Waals surface area contributed by atoms with E-state index in [-0.39, 0.29) is 54.8 Å². The van der Waals surface area contributed by atoms with E-state index in [9.17, 15) is 19.1 Å². The van der Waals surface area contributed by atoms with Gasteiger partial charge in [-0.2, -0.15) is 0 Å². The summed E-state index contributed by atoms with van der Waals surface area (Å²) < 4.78 is 24.2. The van der Waals surface area contributed by atoms with Crippen LogP contribution in [0.1, 0.15) is 35.3 Å². The van der Waals surface area contributed by atoms with Crippen LogP contribution in [0.3, 0.4) is 0 Å². The van der Waals surface area contributed by atoms with Gasteiger partial charge in [0, 0.05) is 43.9 Å². The number of aliphatic hydroxyl groups is 1. The Morgan fingerprint density at radius 3 is 2.69 bits per heavy atom. The van der Waals surface area contributed by atoms with Gasteiger partial charge in [0.1, 0.15) is 24.1 Å². The second-order valence-corrected chi connectivity index (χ2v) is 8.66. The molecule has 9 heteroatoms. The molecule has 2 aromatic rings. The average molecular weight is 484 g/mol. The summed E-state index contributed by atoms with van der Waals surface area (Å²) in [6, 6.07) is 6.95. The van der Waals surface area contributed by atoms with Crippen LogP contribution in [0.25, 0.3) is 0 Å². The third kappa shape index (κ3) is 6.56. The Balaban J connectivity index is 1.96. The maximum Gasteiger partial charge on any atom is 0.259 e. The van der Waals surface area contributed by atoms with Gasteiger partial charge in [-0.25, -0.2) is 9.37 Å². The zero-order chi connectivity index (χ0) is 25.5. The molecule has 2 heterocycles. The molecule has 1 N–H and O–H groups in total. The van der Waals surface area contributed by atoms with Gasteiger partial charge < -0.3 is 24.4 Å². The topological polar surface area (TPSA) is 92.2 Å². The number of amides is 2. The van der Waals surface area contributed by atoms with Crippen LogP contribution in [0.2, 0.25) is 0 Å². The summed E-state index contributed by atoms with van der Waals surface area (Å²) in [6.45, 7) is 4.03. The van der Waals surface area contributed by atoms with E-state index >= 15 is 0 Å². The monoisotopic (exact) mass is 483 g/mol. The molecule has 1 aliphatic rings. The first-order valence-electron chi connectivity index (χ1n) is 11.3. The first kappa shape index (κ1) is 26.1. The van der Waals surface area contributed by atoms with Crippen LogP contribution in [0.15, 0.2) is 36.5 Å². The van der Waals surface area contributed by atoms with Crippen molar-refractivity contribution in [2.75, 3.05) is 40.5 Å². The SMILES string of the molecule is COCC(=O)N(C)C[C@@H]1Oc2ncc(C#Cc3ccc(F)cc3)cc2C(=O)N([C@H](C)CO)C[C@H]1C. The number of carbonyl (C=O) groups is 2. The van der Waals surface area contributed by atoms with Gasteiger partial charge in [0.15, 0.2) is 0 Å². The summed E-state index contributed by atoms with van der Waals surface area (Å²) in [5.74, 6) is 5.00. The maximum atomic E-state index is 13.4. The number of aromatic nitrogens is 1. The first-order chi connectivity index (χ1) is 16.7. The zero-order valence-electron chi connectivity index (χ0n) is 20.3. The fraction of sp³-hybridized carbons (Fsp3) is 0.423. The van der Waals surface area contributed by atoms with E-state index in [1.165, 1.54) is 30.3 Å². The number of hydrogen-bond donors (Lipinski definition) is 1. The highest BCUT2D eigenvalue weighted by Crippen LogP contribution is 2.27. The van der Waals surface area contributed by atoms with E-state index in [1.54, 1.807) is 37.1 Å². The molecule has 1 aromatic heterocycles. The van der Waals surface area contributed by atoms with Gasteiger partial charge in [-0.1, -0.05) is 18.8 Å². The predicted molar refractivity (Wildman–Crippen MR) is 127 cm³/mol. The fourth-order valence-corrected chi connectivity index (χ4v) is 3.67. The van der Waals surface area contributed by atoms with Crippen molar-refractivity contribution in [1.82, 2.24) is 14.8 Å². The standard InChI is InChI=1S/C26H30FN3O5/c1-17-13-30(18(2)15-31)26(33)22-11-20(6-5-19-7-9-21(27)10-8-19)12-28-25(22)35-23(17)14-29(3)24(32)16-34-4/h7-12,17-18,23,31H,13-16H2,1-4H3/t17-,18-,23+/m1/s1. The molecule has 1 aromatic carbocycles. The number of benzene rings is 1. The molecule has 0 unspecified atom stereocenters. The lowest BCUT2D eigenvalue weighted by atomic mass is 10.00. The fourth-order valence-electron chi connectivity index (χ4n) is 3.67. The summed E-state index contributed by atoms with van der Waals surface area (Å²) >= 11 is 0. The number of aliphatic hydroxyl groups excluding tert-OH is 1. The summed E-state index contributed by atoms with van der Waals surface area (Å²) in [5, 5.41) is 9.77. The van der Waals surface area contributed by atoms with Crippen LogP contribution in [-0.2, 0) is 9.53 Å². The van der Waals surface area contributed by atoms with Crippen LogP contribution >= 0.6 is 0 Å². The third-order valence-electron chi connectivity index (χ3n) is 5.86. The van der Waals surface area contributed by atoms with Gasteiger partial charge in [-0.3, -0.25) is 9.59 Å². The highest BCUT2D eigenvalue weighted by molar-refractivity contribution is 5.97. The molecule has 0 spiro atoms. The molecular weight excluding hydrogens is 453 g/mol. The Morgan fingerprint density at radius 1 is 1.34 bits per heavy atom. The molecule has 3 atom stereocenters. The number of pyridine rings is 1. The van der Waals surface area contributed by atoms with Crippen molar-refractivity contribution in [1.29, 1.82) is 0 Å². The van der Waals surface area contributed by atoms with Crippen LogP contribution < -0.4 is 4.74 Å². The maximum absolute atomic E-state index is 13.4. The largest absolute Gasteiger partial charge is 0.472 e. The Bertz CT molecular complexity index is 1110. The molecule has 8 nitrogen and oxygen atoms in total. The summed E-state index contributed by atoms with van der Waals surface area (Å²) in [7, 11) is 3.12. The van der Waals surface area contributed by atoms with Crippen molar-refractivity contribution in [3.8, 4) is 17.7 Å². The smallest absolute Gasteiger partial charge is 0.259 e. The predicted octanol–water partition coefficient (Wildman–Crippen LogP) is 1.95. The zero-order valence-corrected chi connectivity index (χ0v) is 20.3. The average Bonchev–Trinajstić information content (AvgIpc) is 2.85. The van der Waals surface area contributed by atoms with E-state index in [0.29, 0.717) is 17.7 Å². The number of methoxy groups -OCH3 is 1. The van der Waals surface area contributed by atoms with E-state index in [4.69, 9.17) is 9.47 Å². The lowest BCUT2D eigenvalue weighted by Gasteiger charge is -2.37. The number of fused-ring (bicyclic) bond motifs is 1. The van der Waals surface area contributed by atoms with E-state index in [2.05, 4.69) is 16.8 Å². The number of hydrogen-bond acceptors (Lipinski definition) is 6. The van der Waals surface area contributed by atoms with Crippen LogP contribution in [-0.4, -0.2) is 84.3 Å². The normalized spacial score (nSPS) is 18.3. The summed E-state index contributed by atoms with van der Waals surface area (Å²) in [6.07, 6.45) is 1.05. The van der Waals surface area contributed by atoms with Gasteiger partial charge >= 0.3 is 0 Å². The van der Waals surface area contributed by atoms with Crippen LogP contribution in [0.4, 0.5) is 4.39 Å². The molecule has 1 aliphatic heterocycles. The highest BCUT2D eigenvalue weighted by Gasteiger charge is 2.34. The van der Waals surface area contributed by atoms with Crippen molar-refractivity contribution in [3.63, 3.8) is 0 Å². The highest BCUT2D eigenvalue weighted by atomic mass is 19.1. The second-order valence-electron chi connectivity index (χ2n) is 8.66. The number of halogens is 1. The number of likely N-dealkylation sites (N-methyl/N-ethyl adjacent to an activating group) is 1. The van der Waals surface area contributed by atoms with E-state index < -0.39 is 12.1 Å². The lowest BCUT2D eigenvalue weighted by Crippen LogP contribution is -2.50. The number of rotatable bonds is 6. The number of ether oxygens (including phenoxy) is 2. The van der Waals surface area contributed by atoms with Crippen molar-refractivity contribution in [2.24, 2.45) is 5.92 Å². The Labute approximate surface area is 204 Å². The molecule has 35 heavy (non-hydrogen) atoms. The van der Waals surface area contributed by atoms with Crippen molar-refractivity contribution in [2.45, 2.75) is 26.0 Å². The molecule has 2 amide bonds. The number of carbonyl (C=O) groups excluding carboxylic acids is 2.